The molecular formula is C25H26FN3O5. The number of ether oxygens (including phenoxy) is 3. The van der Waals surface area contributed by atoms with E-state index in [1.54, 1.807) is 31.4 Å². The van der Waals surface area contributed by atoms with Crippen molar-refractivity contribution in [2.24, 2.45) is 11.0 Å². The van der Waals surface area contributed by atoms with Crippen molar-refractivity contribution in [2.45, 2.75) is 25.3 Å². The van der Waals surface area contributed by atoms with Crippen molar-refractivity contribution in [3.63, 3.8) is 0 Å². The second-order valence-corrected chi connectivity index (χ2v) is 8.62. The third kappa shape index (κ3) is 4.48. The van der Waals surface area contributed by atoms with Crippen LogP contribution in [0.2, 0.25) is 0 Å². The highest BCUT2D eigenvalue weighted by Gasteiger charge is 2.38. The van der Waals surface area contributed by atoms with Crippen LogP contribution in [0, 0.1) is 11.7 Å². The van der Waals surface area contributed by atoms with E-state index in [9.17, 15) is 14.0 Å². The van der Waals surface area contributed by atoms with Crippen LogP contribution in [-0.4, -0.2) is 61.0 Å². The largest absolute Gasteiger partial charge is 0.454 e. The number of benzene rings is 2. The molecule has 0 N–H and O–H groups in total. The van der Waals surface area contributed by atoms with E-state index in [1.807, 2.05) is 12.1 Å². The molecule has 8 nitrogen and oxygen atoms in total. The van der Waals surface area contributed by atoms with Crippen LogP contribution in [0.15, 0.2) is 47.6 Å². The van der Waals surface area contributed by atoms with Gasteiger partial charge in [-0.3, -0.25) is 9.59 Å². The van der Waals surface area contributed by atoms with Gasteiger partial charge in [0.05, 0.1) is 18.4 Å². The van der Waals surface area contributed by atoms with E-state index in [2.05, 4.69) is 5.10 Å². The van der Waals surface area contributed by atoms with Gasteiger partial charge in [0.2, 0.25) is 12.7 Å². The first-order valence-corrected chi connectivity index (χ1v) is 11.4. The van der Waals surface area contributed by atoms with E-state index in [-0.39, 0.29) is 31.1 Å². The number of hydrazone groups is 1. The second kappa shape index (κ2) is 9.42. The van der Waals surface area contributed by atoms with Crippen LogP contribution in [0.3, 0.4) is 0 Å². The number of fused-ring (bicyclic) bond motifs is 1. The van der Waals surface area contributed by atoms with Gasteiger partial charge in [0.15, 0.2) is 11.5 Å². The number of carbonyl (C=O) groups is 2. The Bertz CT molecular complexity index is 1130. The third-order valence-electron chi connectivity index (χ3n) is 6.26. The smallest absolute Gasteiger partial charge is 0.262 e. The molecule has 9 heteroatoms. The number of methoxy groups -OCH3 is 1. The average molecular weight is 467 g/mol. The highest BCUT2D eigenvalue weighted by molar-refractivity contribution is 6.03. The molecule has 5 rings (SSSR count). The lowest BCUT2D eigenvalue weighted by Gasteiger charge is -2.27. The van der Waals surface area contributed by atoms with Gasteiger partial charge in [0, 0.05) is 31.6 Å². The fraction of sp³-hybridized carbons (Fsp3) is 0.400. The first-order valence-electron chi connectivity index (χ1n) is 11.4. The fourth-order valence-electron chi connectivity index (χ4n) is 4.27. The van der Waals surface area contributed by atoms with Gasteiger partial charge >= 0.3 is 0 Å². The summed E-state index contributed by atoms with van der Waals surface area (Å²) in [6.45, 7) is 0.680. The molecule has 178 valence electrons. The lowest BCUT2D eigenvalue weighted by Crippen LogP contribution is -2.43. The standard InChI is InChI=1S/C25H26FN3O5/c1-32-11-10-28(25(31)16-6-7-16)14-24(30)29-21(17-8-9-22-23(12-17)34-15-33-22)13-20(27-29)18-4-2-3-5-19(18)26/h2-5,8-9,12,16,21H,6-7,10-11,13-15H2,1H3/t21-/m0/s1. The number of carbonyl (C=O) groups excluding carboxylic acids is 2. The molecule has 1 atom stereocenters. The molecule has 0 aromatic heterocycles. The van der Waals surface area contributed by atoms with E-state index < -0.39 is 11.9 Å². The molecule has 0 spiro atoms. The minimum atomic E-state index is -0.461. The Balaban J connectivity index is 1.44. The zero-order valence-corrected chi connectivity index (χ0v) is 18.9. The maximum absolute atomic E-state index is 14.5. The first kappa shape index (κ1) is 22.3. The van der Waals surface area contributed by atoms with Crippen LogP contribution in [0.1, 0.15) is 36.4 Å². The van der Waals surface area contributed by atoms with Gasteiger partial charge in [-0.1, -0.05) is 24.3 Å². The topological polar surface area (TPSA) is 80.7 Å². The van der Waals surface area contributed by atoms with Gasteiger partial charge in [-0.2, -0.15) is 5.10 Å². The maximum Gasteiger partial charge on any atom is 0.262 e. The van der Waals surface area contributed by atoms with E-state index in [0.717, 1.165) is 18.4 Å². The van der Waals surface area contributed by atoms with Crippen molar-refractivity contribution in [1.29, 1.82) is 0 Å². The number of hydrogen-bond donors (Lipinski definition) is 0. The molecular weight excluding hydrogens is 441 g/mol. The summed E-state index contributed by atoms with van der Waals surface area (Å²) in [7, 11) is 1.56. The summed E-state index contributed by atoms with van der Waals surface area (Å²) in [6.07, 6.45) is 2.02. The lowest BCUT2D eigenvalue weighted by molar-refractivity contribution is -0.142. The van der Waals surface area contributed by atoms with Crippen molar-refractivity contribution in [3.8, 4) is 11.5 Å². The van der Waals surface area contributed by atoms with Gasteiger partial charge in [-0.15, -0.1) is 0 Å². The molecule has 1 saturated carbocycles. The Morgan fingerprint density at radius 2 is 1.97 bits per heavy atom. The maximum atomic E-state index is 14.5. The van der Waals surface area contributed by atoms with Crippen molar-refractivity contribution in [3.05, 3.63) is 59.4 Å². The van der Waals surface area contributed by atoms with Crippen LogP contribution in [-0.2, 0) is 14.3 Å². The Morgan fingerprint density at radius 1 is 1.18 bits per heavy atom. The van der Waals surface area contributed by atoms with Gasteiger partial charge < -0.3 is 19.1 Å². The molecule has 2 aromatic rings. The van der Waals surface area contributed by atoms with Crippen molar-refractivity contribution < 1.29 is 28.2 Å². The van der Waals surface area contributed by atoms with Crippen molar-refractivity contribution >= 4 is 17.5 Å². The van der Waals surface area contributed by atoms with Crippen LogP contribution in [0.5, 0.6) is 11.5 Å². The van der Waals surface area contributed by atoms with Gasteiger partial charge in [-0.05, 0) is 36.6 Å². The summed E-state index contributed by atoms with van der Waals surface area (Å²) in [4.78, 5) is 27.8. The molecule has 1 fully saturated rings. The van der Waals surface area contributed by atoms with Gasteiger partial charge in [-0.25, -0.2) is 9.40 Å². The summed E-state index contributed by atoms with van der Waals surface area (Å²) in [5.41, 5.74) is 1.63. The second-order valence-electron chi connectivity index (χ2n) is 8.62. The average Bonchev–Trinajstić information content (AvgIpc) is 3.42. The van der Waals surface area contributed by atoms with Gasteiger partial charge in [0.1, 0.15) is 12.4 Å². The van der Waals surface area contributed by atoms with E-state index in [0.29, 0.717) is 42.3 Å². The predicted molar refractivity (Wildman–Crippen MR) is 121 cm³/mol. The molecule has 2 heterocycles. The highest BCUT2D eigenvalue weighted by atomic mass is 19.1. The summed E-state index contributed by atoms with van der Waals surface area (Å²) < 4.78 is 30.6. The molecule has 0 bridgehead atoms. The van der Waals surface area contributed by atoms with Crippen molar-refractivity contribution in [1.82, 2.24) is 9.91 Å². The number of halogens is 1. The van der Waals surface area contributed by atoms with E-state index >= 15 is 0 Å². The SMILES string of the molecule is COCCN(CC(=O)N1N=C(c2ccccc2F)C[C@H]1c1ccc2c(c1)OCO2)C(=O)C1CC1. The number of nitrogens with zero attached hydrogens (tertiary/aromatic N) is 3. The van der Waals surface area contributed by atoms with Crippen LogP contribution >= 0.6 is 0 Å². The summed E-state index contributed by atoms with van der Waals surface area (Å²) >= 11 is 0. The Morgan fingerprint density at radius 3 is 2.74 bits per heavy atom. The molecule has 3 aliphatic rings. The van der Waals surface area contributed by atoms with E-state index in [1.165, 1.54) is 16.0 Å². The fourth-order valence-corrected chi connectivity index (χ4v) is 4.27. The van der Waals surface area contributed by atoms with Gasteiger partial charge in [0.25, 0.3) is 5.91 Å². The third-order valence-corrected chi connectivity index (χ3v) is 6.26. The Kier molecular flexibility index (Phi) is 6.19. The molecule has 0 unspecified atom stereocenters. The van der Waals surface area contributed by atoms with Crippen molar-refractivity contribution in [2.75, 3.05) is 33.6 Å². The zero-order chi connectivity index (χ0) is 23.7. The normalized spacial score (nSPS) is 18.7. The van der Waals surface area contributed by atoms with Crippen LogP contribution in [0.25, 0.3) is 0 Å². The first-order chi connectivity index (χ1) is 16.5. The molecule has 0 saturated heterocycles. The quantitative estimate of drug-likeness (QED) is 0.596. The molecule has 2 aromatic carbocycles. The number of hydrogen-bond acceptors (Lipinski definition) is 6. The summed E-state index contributed by atoms with van der Waals surface area (Å²) in [5, 5.41) is 5.92. The van der Waals surface area contributed by atoms with Crippen LogP contribution < -0.4 is 9.47 Å². The Hall–Kier alpha value is -3.46. The molecule has 2 amide bonds. The van der Waals surface area contributed by atoms with E-state index in [4.69, 9.17) is 14.2 Å². The predicted octanol–water partition coefficient (Wildman–Crippen LogP) is 3.12. The minimum Gasteiger partial charge on any atom is -0.454 e. The number of rotatable bonds is 8. The molecule has 0 radical (unpaired) electrons. The summed E-state index contributed by atoms with van der Waals surface area (Å²) in [6, 6.07) is 11.4. The molecule has 34 heavy (non-hydrogen) atoms. The summed E-state index contributed by atoms with van der Waals surface area (Å²) in [5.74, 6) is 0.433. The number of amides is 2. The lowest BCUT2D eigenvalue weighted by atomic mass is 9.97. The zero-order valence-electron chi connectivity index (χ0n) is 18.9. The highest BCUT2D eigenvalue weighted by Crippen LogP contribution is 2.39. The Labute approximate surface area is 196 Å². The minimum absolute atomic E-state index is 0.0228. The molecule has 2 aliphatic heterocycles. The molecule has 1 aliphatic carbocycles. The monoisotopic (exact) mass is 467 g/mol. The van der Waals surface area contributed by atoms with Crippen LogP contribution in [0.4, 0.5) is 4.39 Å².